The van der Waals surface area contributed by atoms with Crippen molar-refractivity contribution in [2.75, 3.05) is 5.75 Å². The first-order valence-electron chi connectivity index (χ1n) is 5.92. The molecule has 0 heterocycles. The molecule has 0 spiro atoms. The molecule has 0 aliphatic heterocycles. The Labute approximate surface area is 119 Å². The molecule has 0 radical (unpaired) electrons. The van der Waals surface area contributed by atoms with E-state index >= 15 is 0 Å². The molecule has 0 aliphatic carbocycles. The predicted octanol–water partition coefficient (Wildman–Crippen LogP) is 1.55. The summed E-state index contributed by atoms with van der Waals surface area (Å²) in [4.78, 5) is 11.0. The molecular formula is C12H14F3NO4S. The summed E-state index contributed by atoms with van der Waals surface area (Å²) >= 11 is 0. The van der Waals surface area contributed by atoms with E-state index in [-0.39, 0.29) is 6.42 Å². The molecule has 0 saturated heterocycles. The minimum atomic E-state index is -4.62. The van der Waals surface area contributed by atoms with Gasteiger partial charge in [-0.1, -0.05) is 30.3 Å². The van der Waals surface area contributed by atoms with Crippen LogP contribution in [0.15, 0.2) is 30.3 Å². The van der Waals surface area contributed by atoms with E-state index < -0.39 is 40.4 Å². The number of carboxylic acid groups (broad SMARTS) is 1. The monoisotopic (exact) mass is 325 g/mol. The van der Waals surface area contributed by atoms with E-state index in [0.717, 1.165) is 0 Å². The maximum absolute atomic E-state index is 12.0. The quantitative estimate of drug-likeness (QED) is 0.797. The van der Waals surface area contributed by atoms with Gasteiger partial charge in [0.25, 0.3) is 0 Å². The summed E-state index contributed by atoms with van der Waals surface area (Å²) in [7, 11) is -4.33. The van der Waals surface area contributed by atoms with E-state index in [1.807, 2.05) is 0 Å². The van der Waals surface area contributed by atoms with Crippen molar-refractivity contribution in [3.63, 3.8) is 0 Å². The van der Waals surface area contributed by atoms with Crippen LogP contribution in [-0.2, 0) is 21.2 Å². The Morgan fingerprint density at radius 2 is 1.81 bits per heavy atom. The fraction of sp³-hybridized carbons (Fsp3) is 0.417. The number of nitrogens with one attached hydrogen (secondary N) is 1. The highest BCUT2D eigenvalue weighted by Gasteiger charge is 2.31. The van der Waals surface area contributed by atoms with E-state index in [0.29, 0.717) is 5.56 Å². The smallest absolute Gasteiger partial charge is 0.390 e. The van der Waals surface area contributed by atoms with Crippen molar-refractivity contribution in [2.45, 2.75) is 25.1 Å². The third kappa shape index (κ3) is 7.09. The van der Waals surface area contributed by atoms with Gasteiger partial charge in [-0.2, -0.15) is 13.2 Å². The molecular weight excluding hydrogens is 311 g/mol. The second-order valence-corrected chi connectivity index (χ2v) is 6.26. The first kappa shape index (κ1) is 17.4. The van der Waals surface area contributed by atoms with Crippen LogP contribution in [0.25, 0.3) is 0 Å². The van der Waals surface area contributed by atoms with Crippen molar-refractivity contribution in [3.8, 4) is 0 Å². The van der Waals surface area contributed by atoms with Crippen LogP contribution in [0, 0.1) is 0 Å². The van der Waals surface area contributed by atoms with Gasteiger partial charge in [0.05, 0.1) is 12.2 Å². The number of halogens is 3. The molecule has 0 fully saturated rings. The number of aliphatic carboxylic acids is 1. The zero-order chi connectivity index (χ0) is 16.1. The summed E-state index contributed by atoms with van der Waals surface area (Å²) < 4.78 is 60.9. The first-order valence-corrected chi connectivity index (χ1v) is 7.58. The lowest BCUT2D eigenvalue weighted by Gasteiger charge is -2.15. The Balaban J connectivity index is 2.72. The highest BCUT2D eigenvalue weighted by molar-refractivity contribution is 7.89. The maximum Gasteiger partial charge on any atom is 0.390 e. The zero-order valence-electron chi connectivity index (χ0n) is 10.8. The Morgan fingerprint density at radius 3 is 2.29 bits per heavy atom. The molecule has 0 aromatic heterocycles. The average molecular weight is 325 g/mol. The molecule has 0 bridgehead atoms. The van der Waals surface area contributed by atoms with Crippen LogP contribution in [0.5, 0.6) is 0 Å². The molecule has 1 atom stereocenters. The maximum atomic E-state index is 12.0. The van der Waals surface area contributed by atoms with Crippen molar-refractivity contribution < 1.29 is 31.5 Å². The molecule has 9 heteroatoms. The number of carbonyl (C=O) groups is 1. The lowest BCUT2D eigenvalue weighted by Crippen LogP contribution is -2.43. The standard InChI is InChI=1S/C12H14F3NO4S/c13-12(14,15)6-7-21(19,20)16-10(11(17)18)8-9-4-2-1-3-5-9/h1-5,10,16H,6-8H2,(H,17,18)/t10-/m1/s1. The number of alkyl halides is 3. The van der Waals surface area contributed by atoms with Crippen molar-refractivity contribution in [1.82, 2.24) is 4.72 Å². The summed E-state index contributed by atoms with van der Waals surface area (Å²) in [6.45, 7) is 0. The Morgan fingerprint density at radius 1 is 1.24 bits per heavy atom. The lowest BCUT2D eigenvalue weighted by molar-refractivity contribution is -0.138. The van der Waals surface area contributed by atoms with Crippen LogP contribution in [0.2, 0.25) is 0 Å². The number of carboxylic acids is 1. The minimum Gasteiger partial charge on any atom is -0.480 e. The molecule has 5 nitrogen and oxygen atoms in total. The van der Waals surface area contributed by atoms with E-state index in [9.17, 15) is 26.4 Å². The average Bonchev–Trinajstić information content (AvgIpc) is 2.36. The summed E-state index contributed by atoms with van der Waals surface area (Å²) in [5, 5.41) is 8.98. The third-order valence-electron chi connectivity index (χ3n) is 2.56. The SMILES string of the molecule is O=C(O)[C@@H](Cc1ccccc1)NS(=O)(=O)CCC(F)(F)F. The van der Waals surface area contributed by atoms with Crippen molar-refractivity contribution in [2.24, 2.45) is 0 Å². The van der Waals surface area contributed by atoms with Crippen LogP contribution >= 0.6 is 0 Å². The molecule has 0 unspecified atom stereocenters. The molecule has 0 saturated carbocycles. The van der Waals surface area contributed by atoms with Crippen LogP contribution < -0.4 is 4.72 Å². The highest BCUT2D eigenvalue weighted by Crippen LogP contribution is 2.20. The largest absolute Gasteiger partial charge is 0.480 e. The summed E-state index contributed by atoms with van der Waals surface area (Å²) in [6, 6.07) is 6.68. The van der Waals surface area contributed by atoms with Crippen molar-refractivity contribution in [3.05, 3.63) is 35.9 Å². The Hall–Kier alpha value is -1.61. The Bertz CT molecular complexity index is 572. The van der Waals surface area contributed by atoms with Crippen molar-refractivity contribution in [1.29, 1.82) is 0 Å². The summed E-state index contributed by atoms with van der Waals surface area (Å²) in [6.07, 6.45) is -6.30. The van der Waals surface area contributed by atoms with Crippen LogP contribution in [0.3, 0.4) is 0 Å². The number of rotatable bonds is 7. The van der Waals surface area contributed by atoms with Crippen LogP contribution in [-0.4, -0.2) is 37.5 Å². The van der Waals surface area contributed by atoms with Gasteiger partial charge in [0.1, 0.15) is 6.04 Å². The van der Waals surface area contributed by atoms with Gasteiger partial charge < -0.3 is 5.11 Å². The van der Waals surface area contributed by atoms with E-state index in [4.69, 9.17) is 5.11 Å². The lowest BCUT2D eigenvalue weighted by atomic mass is 10.1. The Kier molecular flexibility index (Phi) is 5.73. The molecule has 1 rings (SSSR count). The second-order valence-electron chi connectivity index (χ2n) is 4.38. The van der Waals surface area contributed by atoms with Crippen molar-refractivity contribution >= 4 is 16.0 Å². The molecule has 118 valence electrons. The zero-order valence-corrected chi connectivity index (χ0v) is 11.6. The molecule has 0 aliphatic rings. The fourth-order valence-electron chi connectivity index (χ4n) is 1.55. The normalized spacial score (nSPS) is 13.9. The van der Waals surface area contributed by atoms with Gasteiger partial charge in [-0.15, -0.1) is 0 Å². The van der Waals surface area contributed by atoms with Gasteiger partial charge >= 0.3 is 12.1 Å². The second kappa shape index (κ2) is 6.90. The van der Waals surface area contributed by atoms with E-state index in [1.165, 1.54) is 0 Å². The summed E-state index contributed by atoms with van der Waals surface area (Å²) in [5.74, 6) is -2.65. The number of sulfonamides is 1. The fourth-order valence-corrected chi connectivity index (χ4v) is 2.79. The first-order chi connectivity index (χ1) is 9.59. The van der Waals surface area contributed by atoms with Gasteiger partial charge in [0.15, 0.2) is 0 Å². The molecule has 1 aromatic rings. The van der Waals surface area contributed by atoms with Gasteiger partial charge in [-0.05, 0) is 12.0 Å². The molecule has 1 aromatic carbocycles. The molecule has 21 heavy (non-hydrogen) atoms. The van der Waals surface area contributed by atoms with E-state index in [1.54, 1.807) is 35.1 Å². The van der Waals surface area contributed by atoms with Crippen LogP contribution in [0.1, 0.15) is 12.0 Å². The predicted molar refractivity (Wildman–Crippen MR) is 69.2 cm³/mol. The summed E-state index contributed by atoms with van der Waals surface area (Å²) in [5.41, 5.74) is 0.559. The van der Waals surface area contributed by atoms with Gasteiger partial charge in [0.2, 0.25) is 10.0 Å². The van der Waals surface area contributed by atoms with E-state index in [2.05, 4.69) is 0 Å². The number of hydrogen-bond donors (Lipinski definition) is 2. The highest BCUT2D eigenvalue weighted by atomic mass is 32.2. The molecule has 2 N–H and O–H groups in total. The number of hydrogen-bond acceptors (Lipinski definition) is 3. The minimum absolute atomic E-state index is 0.151. The van der Waals surface area contributed by atoms with Gasteiger partial charge in [-0.3, -0.25) is 4.79 Å². The van der Waals surface area contributed by atoms with Gasteiger partial charge in [0, 0.05) is 0 Å². The number of benzene rings is 1. The molecule has 0 amide bonds. The third-order valence-corrected chi connectivity index (χ3v) is 3.94. The van der Waals surface area contributed by atoms with Gasteiger partial charge in [-0.25, -0.2) is 13.1 Å². The van der Waals surface area contributed by atoms with Crippen LogP contribution in [0.4, 0.5) is 13.2 Å². The topological polar surface area (TPSA) is 83.5 Å².